The van der Waals surface area contributed by atoms with Crippen molar-refractivity contribution in [3.05, 3.63) is 45.1 Å². The number of rotatable bonds is 4. The second-order valence-electron chi connectivity index (χ2n) is 5.80. The molecule has 0 saturated carbocycles. The van der Waals surface area contributed by atoms with E-state index in [0.29, 0.717) is 6.54 Å². The average Bonchev–Trinajstić information content (AvgIpc) is 3.25. The molecule has 4 rings (SSSR count). The predicted octanol–water partition coefficient (Wildman–Crippen LogP) is 5.11. The number of nitrogens with one attached hydrogen (secondary N) is 1. The Bertz CT molecular complexity index is 942. The van der Waals surface area contributed by atoms with Crippen molar-refractivity contribution in [2.45, 2.75) is 24.7 Å². The van der Waals surface area contributed by atoms with Gasteiger partial charge in [0, 0.05) is 32.3 Å². The summed E-state index contributed by atoms with van der Waals surface area (Å²) in [6.07, 6.45) is 3.98. The molecule has 1 aliphatic carbocycles. The summed E-state index contributed by atoms with van der Waals surface area (Å²) < 4.78 is 0. The fraction of sp³-hybridized carbons (Fsp3) is 0.263. The highest BCUT2D eigenvalue weighted by atomic mass is 32.2. The van der Waals surface area contributed by atoms with Crippen molar-refractivity contribution in [2.24, 2.45) is 0 Å². The zero-order chi connectivity index (χ0) is 17.4. The van der Waals surface area contributed by atoms with Gasteiger partial charge in [-0.1, -0.05) is 18.2 Å². The molecule has 1 amide bonds. The molecular weight excluding hydrogens is 368 g/mol. The fourth-order valence-corrected chi connectivity index (χ4v) is 6.04. The van der Waals surface area contributed by atoms with Crippen LogP contribution in [0.4, 0.5) is 0 Å². The van der Waals surface area contributed by atoms with E-state index in [1.165, 1.54) is 31.3 Å². The lowest BCUT2D eigenvalue weighted by molar-refractivity contribution is 0.0959. The molecule has 6 heteroatoms. The Morgan fingerprint density at radius 1 is 1.32 bits per heavy atom. The van der Waals surface area contributed by atoms with Gasteiger partial charge in [0.1, 0.15) is 0 Å². The number of thiophene rings is 1. The van der Waals surface area contributed by atoms with Gasteiger partial charge in [-0.3, -0.25) is 4.79 Å². The van der Waals surface area contributed by atoms with Gasteiger partial charge in [-0.2, -0.15) is 0 Å². The number of nitrogens with zero attached hydrogens (tertiary/aromatic N) is 1. The second kappa shape index (κ2) is 6.94. The first-order valence-electron chi connectivity index (χ1n) is 8.24. The Morgan fingerprint density at radius 2 is 2.16 bits per heavy atom. The molecule has 1 aliphatic rings. The summed E-state index contributed by atoms with van der Waals surface area (Å²) in [4.78, 5) is 21.9. The van der Waals surface area contributed by atoms with Gasteiger partial charge >= 0.3 is 0 Å². The van der Waals surface area contributed by atoms with E-state index < -0.39 is 0 Å². The van der Waals surface area contributed by atoms with E-state index in [-0.39, 0.29) is 5.91 Å². The molecule has 3 nitrogen and oxygen atoms in total. The highest BCUT2D eigenvalue weighted by Gasteiger charge is 2.30. The molecule has 0 atom stereocenters. The van der Waals surface area contributed by atoms with E-state index >= 15 is 0 Å². The van der Waals surface area contributed by atoms with Crippen LogP contribution in [0.5, 0.6) is 0 Å². The maximum atomic E-state index is 12.6. The molecule has 128 valence electrons. The molecule has 0 fully saturated rings. The highest BCUT2D eigenvalue weighted by molar-refractivity contribution is 7.98. The fourth-order valence-electron chi connectivity index (χ4n) is 3.29. The smallest absolute Gasteiger partial charge is 0.261 e. The van der Waals surface area contributed by atoms with Crippen LogP contribution in [0, 0.1) is 0 Å². The number of carbonyl (C=O) groups excluding carboxylic acids is 1. The Labute approximate surface area is 159 Å². The molecule has 25 heavy (non-hydrogen) atoms. The van der Waals surface area contributed by atoms with E-state index in [2.05, 4.69) is 40.8 Å². The summed E-state index contributed by atoms with van der Waals surface area (Å²) in [6, 6.07) is 8.43. The van der Waals surface area contributed by atoms with Crippen LogP contribution in [-0.4, -0.2) is 23.7 Å². The summed E-state index contributed by atoms with van der Waals surface area (Å²) in [5, 5.41) is 2.97. The zero-order valence-electron chi connectivity index (χ0n) is 14.1. The Morgan fingerprint density at radius 3 is 2.96 bits per heavy atom. The zero-order valence-corrected chi connectivity index (χ0v) is 16.5. The largest absolute Gasteiger partial charge is 0.352 e. The SMILES string of the molecule is CCNC(=O)c1sc(-c2ccccc2SC)c2c1CCc1scnc1-2. The molecule has 0 bridgehead atoms. The average molecular weight is 387 g/mol. The monoisotopic (exact) mass is 386 g/mol. The summed E-state index contributed by atoms with van der Waals surface area (Å²) in [5.74, 6) is 0.0373. The van der Waals surface area contributed by atoms with Gasteiger partial charge in [-0.25, -0.2) is 4.98 Å². The van der Waals surface area contributed by atoms with Gasteiger partial charge in [-0.05, 0) is 37.7 Å². The third-order valence-electron chi connectivity index (χ3n) is 4.38. The number of fused-ring (bicyclic) bond motifs is 3. The van der Waals surface area contributed by atoms with Crippen molar-refractivity contribution in [3.8, 4) is 21.7 Å². The van der Waals surface area contributed by atoms with Crippen LogP contribution in [-0.2, 0) is 12.8 Å². The van der Waals surface area contributed by atoms with Crippen LogP contribution in [0.3, 0.4) is 0 Å². The minimum Gasteiger partial charge on any atom is -0.352 e. The lowest BCUT2D eigenvalue weighted by Crippen LogP contribution is -2.23. The quantitative estimate of drug-likeness (QED) is 0.634. The molecule has 0 saturated heterocycles. The molecule has 1 aromatic carbocycles. The van der Waals surface area contributed by atoms with Crippen molar-refractivity contribution in [1.29, 1.82) is 0 Å². The number of amides is 1. The number of thiazole rings is 1. The van der Waals surface area contributed by atoms with Crippen LogP contribution in [0.15, 0.2) is 34.7 Å². The van der Waals surface area contributed by atoms with Crippen molar-refractivity contribution in [2.75, 3.05) is 12.8 Å². The van der Waals surface area contributed by atoms with Gasteiger partial charge in [0.25, 0.3) is 5.91 Å². The minimum atomic E-state index is 0.0373. The number of aromatic nitrogens is 1. The maximum absolute atomic E-state index is 12.6. The normalized spacial score (nSPS) is 12.6. The van der Waals surface area contributed by atoms with E-state index in [1.807, 2.05) is 12.4 Å². The van der Waals surface area contributed by atoms with Crippen molar-refractivity contribution in [1.82, 2.24) is 10.3 Å². The van der Waals surface area contributed by atoms with Crippen LogP contribution in [0.2, 0.25) is 0 Å². The predicted molar refractivity (Wildman–Crippen MR) is 108 cm³/mol. The lowest BCUT2D eigenvalue weighted by atomic mass is 9.92. The molecule has 3 aromatic rings. The number of thioether (sulfide) groups is 1. The summed E-state index contributed by atoms with van der Waals surface area (Å²) in [5.41, 5.74) is 6.54. The molecule has 0 aliphatic heterocycles. The Hall–Kier alpha value is -1.63. The Kier molecular flexibility index (Phi) is 4.67. The number of carbonyl (C=O) groups is 1. The number of hydrogen-bond acceptors (Lipinski definition) is 5. The van der Waals surface area contributed by atoms with Gasteiger partial charge in [-0.15, -0.1) is 34.4 Å². The first kappa shape index (κ1) is 16.8. The highest BCUT2D eigenvalue weighted by Crippen LogP contribution is 2.49. The van der Waals surface area contributed by atoms with Crippen molar-refractivity contribution < 1.29 is 4.79 Å². The summed E-state index contributed by atoms with van der Waals surface area (Å²) >= 11 is 5.07. The van der Waals surface area contributed by atoms with Crippen LogP contribution < -0.4 is 5.32 Å². The molecule has 0 spiro atoms. The standard InChI is InChI=1S/C19H18N2OS3/c1-3-20-19(22)18-12-8-9-14-16(21-10-24-14)15(12)17(25-18)11-6-4-5-7-13(11)23-2/h4-7,10H,3,8-9H2,1-2H3,(H,20,22). The molecule has 1 N–H and O–H groups in total. The van der Waals surface area contributed by atoms with Gasteiger partial charge < -0.3 is 5.32 Å². The van der Waals surface area contributed by atoms with Gasteiger partial charge in [0.2, 0.25) is 0 Å². The minimum absolute atomic E-state index is 0.0373. The maximum Gasteiger partial charge on any atom is 0.261 e. The molecule has 0 unspecified atom stereocenters. The lowest BCUT2D eigenvalue weighted by Gasteiger charge is -2.15. The molecule has 2 aromatic heterocycles. The van der Waals surface area contributed by atoms with Crippen LogP contribution in [0.25, 0.3) is 21.7 Å². The van der Waals surface area contributed by atoms with E-state index in [0.717, 1.165) is 23.4 Å². The third kappa shape index (κ3) is 2.82. The van der Waals surface area contributed by atoms with Crippen LogP contribution in [0.1, 0.15) is 27.0 Å². The van der Waals surface area contributed by atoms with Crippen LogP contribution >= 0.6 is 34.4 Å². The van der Waals surface area contributed by atoms with E-state index in [4.69, 9.17) is 0 Å². The van der Waals surface area contributed by atoms with Gasteiger partial charge in [0.05, 0.1) is 16.1 Å². The Balaban J connectivity index is 1.98. The summed E-state index contributed by atoms with van der Waals surface area (Å²) in [7, 11) is 0. The number of hydrogen-bond donors (Lipinski definition) is 1. The molecular formula is C19H18N2OS3. The second-order valence-corrected chi connectivity index (χ2v) is 8.61. The van der Waals surface area contributed by atoms with Gasteiger partial charge in [0.15, 0.2) is 0 Å². The first-order valence-corrected chi connectivity index (χ1v) is 11.2. The number of aryl methyl sites for hydroxylation is 1. The van der Waals surface area contributed by atoms with E-state index in [9.17, 15) is 4.79 Å². The van der Waals surface area contributed by atoms with Crippen molar-refractivity contribution >= 4 is 40.3 Å². The molecule has 0 radical (unpaired) electrons. The number of benzene rings is 1. The van der Waals surface area contributed by atoms with E-state index in [1.54, 1.807) is 34.4 Å². The third-order valence-corrected chi connectivity index (χ3v) is 7.33. The molecule has 2 heterocycles. The topological polar surface area (TPSA) is 42.0 Å². The first-order chi connectivity index (χ1) is 12.2. The van der Waals surface area contributed by atoms with Crippen molar-refractivity contribution in [3.63, 3.8) is 0 Å². The summed E-state index contributed by atoms with van der Waals surface area (Å²) in [6.45, 7) is 2.60.